The second-order valence-corrected chi connectivity index (χ2v) is 6.41. The molecule has 0 heterocycles. The molecule has 0 aliphatic carbocycles. The smallest absolute Gasteiger partial charge is 0.525 e. The molecule has 0 bridgehead atoms. The zero-order valence-electron chi connectivity index (χ0n) is 8.77. The minimum atomic E-state index is -6.06. The van der Waals surface area contributed by atoms with Gasteiger partial charge >= 0.3 is 15.6 Å². The van der Waals surface area contributed by atoms with Gasteiger partial charge in [-0.1, -0.05) is 24.1 Å². The third-order valence-corrected chi connectivity index (χ3v) is 3.63. The van der Waals surface area contributed by atoms with Crippen LogP contribution in [-0.4, -0.2) is 20.1 Å². The molecule has 0 aromatic heterocycles. The second-order valence-electron chi connectivity index (χ2n) is 3.08. The summed E-state index contributed by atoms with van der Waals surface area (Å²) in [7, 11) is -10.8. The first-order valence-corrected chi connectivity index (χ1v) is 7.64. The van der Waals surface area contributed by atoms with Crippen LogP contribution in [0.15, 0.2) is 0 Å². The van der Waals surface area contributed by atoms with E-state index in [0.29, 0.717) is 12.8 Å². The van der Waals surface area contributed by atoms with Gasteiger partial charge in [0.15, 0.2) is 7.60 Å². The van der Waals surface area contributed by atoms with E-state index < -0.39 is 29.4 Å². The average molecular weight is 299 g/mol. The summed E-state index contributed by atoms with van der Waals surface area (Å²) in [5, 5.41) is 0. The number of halogens is 3. The standard InChI is InChI=1S/C6H12F3O6PS/c1-2-3-4-5-16(10,11)14-15-17(12,13)6(7,8)9/h2-5H2,1H3,(H,10,11)/p-1. The van der Waals surface area contributed by atoms with Gasteiger partial charge < -0.3 is 9.46 Å². The quantitative estimate of drug-likeness (QED) is 0.233. The highest BCUT2D eigenvalue weighted by atomic mass is 32.2. The SMILES string of the molecule is CCCCCP(=O)([O-])OOS(=O)(=O)C(F)(F)F. The summed E-state index contributed by atoms with van der Waals surface area (Å²) in [5.41, 5.74) is -5.73. The van der Waals surface area contributed by atoms with E-state index >= 15 is 0 Å². The summed E-state index contributed by atoms with van der Waals surface area (Å²) in [5.74, 6) is 0. The molecule has 1 unspecified atom stereocenters. The maximum absolute atomic E-state index is 11.7. The van der Waals surface area contributed by atoms with Crippen molar-refractivity contribution < 1.29 is 40.1 Å². The number of hydrogen-bond donors (Lipinski definition) is 0. The van der Waals surface area contributed by atoms with Crippen molar-refractivity contribution in [2.45, 2.75) is 31.7 Å². The van der Waals surface area contributed by atoms with Crippen LogP contribution in [0.3, 0.4) is 0 Å². The van der Waals surface area contributed by atoms with Gasteiger partial charge in [0.25, 0.3) is 0 Å². The molecule has 0 N–H and O–H groups in total. The molecular weight excluding hydrogens is 288 g/mol. The van der Waals surface area contributed by atoms with Crippen molar-refractivity contribution in [3.63, 3.8) is 0 Å². The Labute approximate surface area is 96.3 Å². The zero-order valence-corrected chi connectivity index (χ0v) is 10.5. The molecule has 6 nitrogen and oxygen atoms in total. The third kappa shape index (κ3) is 6.37. The summed E-state index contributed by atoms with van der Waals surface area (Å²) in [6.45, 7) is 1.78. The topological polar surface area (TPSA) is 92.7 Å². The largest absolute Gasteiger partial charge is 0.776 e. The fraction of sp³-hybridized carbons (Fsp3) is 1.00. The molecule has 0 spiro atoms. The summed E-state index contributed by atoms with van der Waals surface area (Å²) < 4.78 is 73.0. The number of rotatable bonds is 7. The maximum Gasteiger partial charge on any atom is 0.525 e. The minimum absolute atomic E-state index is 0.146. The van der Waals surface area contributed by atoms with Crippen LogP contribution in [0.4, 0.5) is 13.2 Å². The van der Waals surface area contributed by atoms with Crippen molar-refractivity contribution in [3.05, 3.63) is 0 Å². The maximum atomic E-state index is 11.7. The summed E-state index contributed by atoms with van der Waals surface area (Å²) in [6.07, 6.45) is 0.754. The Kier molecular flexibility index (Phi) is 6.09. The van der Waals surface area contributed by atoms with E-state index in [1.54, 1.807) is 6.92 Å². The second kappa shape index (κ2) is 6.14. The molecule has 0 aliphatic rings. The number of alkyl halides is 3. The lowest BCUT2D eigenvalue weighted by Gasteiger charge is -2.20. The predicted molar refractivity (Wildman–Crippen MR) is 49.1 cm³/mol. The average Bonchev–Trinajstić information content (AvgIpc) is 2.14. The Morgan fingerprint density at radius 2 is 1.82 bits per heavy atom. The zero-order chi connectivity index (χ0) is 13.7. The molecule has 17 heavy (non-hydrogen) atoms. The van der Waals surface area contributed by atoms with E-state index in [2.05, 4.69) is 9.01 Å². The van der Waals surface area contributed by atoms with Gasteiger partial charge in [0, 0.05) is 6.16 Å². The van der Waals surface area contributed by atoms with Gasteiger partial charge in [0.05, 0.1) is 0 Å². The normalized spacial score (nSPS) is 16.8. The van der Waals surface area contributed by atoms with Gasteiger partial charge in [-0.15, -0.1) is 0 Å². The Hall–Kier alpha value is -0.150. The van der Waals surface area contributed by atoms with Crippen LogP contribution in [0.2, 0.25) is 0 Å². The monoisotopic (exact) mass is 299 g/mol. The highest BCUT2D eigenvalue weighted by Gasteiger charge is 2.49. The van der Waals surface area contributed by atoms with Gasteiger partial charge in [-0.3, -0.25) is 0 Å². The van der Waals surface area contributed by atoms with E-state index in [9.17, 15) is 31.0 Å². The van der Waals surface area contributed by atoms with Crippen LogP contribution in [-0.2, 0) is 23.7 Å². The molecule has 0 saturated heterocycles. The number of hydrogen-bond acceptors (Lipinski definition) is 6. The molecular formula is C6H11F3O6PS-. The van der Waals surface area contributed by atoms with E-state index in [4.69, 9.17) is 0 Å². The summed E-state index contributed by atoms with van der Waals surface area (Å²) >= 11 is 0. The summed E-state index contributed by atoms with van der Waals surface area (Å²) in [6, 6.07) is 0. The van der Waals surface area contributed by atoms with Crippen LogP contribution < -0.4 is 4.89 Å². The number of unbranched alkanes of at least 4 members (excludes halogenated alkanes) is 2. The van der Waals surface area contributed by atoms with Crippen molar-refractivity contribution in [2.24, 2.45) is 0 Å². The van der Waals surface area contributed by atoms with E-state index in [-0.39, 0.29) is 6.42 Å². The van der Waals surface area contributed by atoms with Gasteiger partial charge in [-0.05, 0) is 6.42 Å². The van der Waals surface area contributed by atoms with Crippen LogP contribution in [0.5, 0.6) is 0 Å². The van der Waals surface area contributed by atoms with Crippen molar-refractivity contribution in [1.29, 1.82) is 0 Å². The molecule has 104 valence electrons. The fourth-order valence-corrected chi connectivity index (χ4v) is 2.17. The molecule has 0 aromatic carbocycles. The van der Waals surface area contributed by atoms with E-state index in [0.717, 1.165) is 0 Å². The predicted octanol–water partition coefficient (Wildman–Crippen LogP) is 1.53. The molecule has 0 radical (unpaired) electrons. The molecule has 0 amide bonds. The molecule has 11 heteroatoms. The fourth-order valence-electron chi connectivity index (χ4n) is 0.718. The van der Waals surface area contributed by atoms with Crippen LogP contribution in [0, 0.1) is 0 Å². The molecule has 1 atom stereocenters. The molecule has 0 aromatic rings. The molecule has 0 rings (SSSR count). The van der Waals surface area contributed by atoms with Crippen LogP contribution >= 0.6 is 7.60 Å². The van der Waals surface area contributed by atoms with Crippen molar-refractivity contribution >= 4 is 17.7 Å². The minimum Gasteiger partial charge on any atom is -0.776 e. The van der Waals surface area contributed by atoms with Crippen molar-refractivity contribution in [3.8, 4) is 0 Å². The first kappa shape index (κ1) is 16.9. The Bertz CT molecular complexity index is 378. The van der Waals surface area contributed by atoms with Crippen molar-refractivity contribution in [2.75, 3.05) is 6.16 Å². The highest BCUT2D eigenvalue weighted by molar-refractivity contribution is 7.87. The molecule has 0 fully saturated rings. The Balaban J connectivity index is 4.33. The third-order valence-electron chi connectivity index (χ3n) is 1.55. The van der Waals surface area contributed by atoms with Crippen molar-refractivity contribution in [1.82, 2.24) is 0 Å². The lowest BCUT2D eigenvalue weighted by molar-refractivity contribution is -0.246. The first-order chi connectivity index (χ1) is 7.52. The highest BCUT2D eigenvalue weighted by Crippen LogP contribution is 2.40. The van der Waals surface area contributed by atoms with Gasteiger partial charge in [-0.2, -0.15) is 26.3 Å². The van der Waals surface area contributed by atoms with Gasteiger partial charge in [0.2, 0.25) is 0 Å². The lowest BCUT2D eigenvalue weighted by atomic mass is 10.3. The van der Waals surface area contributed by atoms with Crippen LogP contribution in [0.25, 0.3) is 0 Å². The first-order valence-electron chi connectivity index (χ1n) is 4.51. The van der Waals surface area contributed by atoms with Gasteiger partial charge in [-0.25, -0.2) is 0 Å². The molecule has 0 saturated carbocycles. The summed E-state index contributed by atoms with van der Waals surface area (Å²) in [4.78, 5) is 10.9. The lowest BCUT2D eigenvalue weighted by Crippen LogP contribution is -2.26. The van der Waals surface area contributed by atoms with Crippen LogP contribution in [0.1, 0.15) is 26.2 Å². The van der Waals surface area contributed by atoms with Gasteiger partial charge in [0.1, 0.15) is 0 Å². The Morgan fingerprint density at radius 1 is 1.29 bits per heavy atom. The Morgan fingerprint density at radius 3 is 2.24 bits per heavy atom. The van der Waals surface area contributed by atoms with E-state index in [1.165, 1.54) is 0 Å². The van der Waals surface area contributed by atoms with E-state index in [1.807, 2.05) is 0 Å². The molecule has 0 aliphatic heterocycles.